The Morgan fingerprint density at radius 1 is 1.56 bits per heavy atom. The molecule has 1 heterocycles. The van der Waals surface area contributed by atoms with Gasteiger partial charge in [-0.15, -0.1) is 12.3 Å². The van der Waals surface area contributed by atoms with Crippen LogP contribution >= 0.6 is 0 Å². The molecule has 0 aromatic carbocycles. The molecule has 0 amide bonds. The van der Waals surface area contributed by atoms with Crippen LogP contribution in [-0.2, 0) is 0 Å². The van der Waals surface area contributed by atoms with Crippen LogP contribution < -0.4 is 11.1 Å². The van der Waals surface area contributed by atoms with Crippen molar-refractivity contribution in [2.45, 2.75) is 26.2 Å². The van der Waals surface area contributed by atoms with Crippen LogP contribution in [0.4, 0.5) is 11.5 Å². The highest BCUT2D eigenvalue weighted by atomic mass is 14.9. The van der Waals surface area contributed by atoms with Gasteiger partial charge in [-0.25, -0.2) is 4.98 Å². The van der Waals surface area contributed by atoms with E-state index in [9.17, 15) is 0 Å². The SMILES string of the molecule is C#CCC(c1cc(NC)cnc1N)C(C)C. The molecule has 1 aromatic heterocycles. The van der Waals surface area contributed by atoms with Crippen LogP contribution in [-0.4, -0.2) is 12.0 Å². The maximum atomic E-state index is 5.91. The first-order chi connectivity index (χ1) is 7.60. The third kappa shape index (κ3) is 2.66. The zero-order chi connectivity index (χ0) is 12.1. The normalized spacial score (nSPS) is 12.2. The Hall–Kier alpha value is -1.69. The molecule has 1 aromatic rings. The van der Waals surface area contributed by atoms with Gasteiger partial charge >= 0.3 is 0 Å². The zero-order valence-corrected chi connectivity index (χ0v) is 10.1. The van der Waals surface area contributed by atoms with Crippen molar-refractivity contribution in [3.05, 3.63) is 17.8 Å². The first-order valence-corrected chi connectivity index (χ1v) is 5.46. The van der Waals surface area contributed by atoms with E-state index in [-0.39, 0.29) is 5.92 Å². The fraction of sp³-hybridized carbons (Fsp3) is 0.462. The summed E-state index contributed by atoms with van der Waals surface area (Å²) in [4.78, 5) is 4.18. The van der Waals surface area contributed by atoms with Crippen LogP contribution in [0.2, 0.25) is 0 Å². The molecule has 0 spiro atoms. The van der Waals surface area contributed by atoms with Crippen molar-refractivity contribution in [3.8, 4) is 12.3 Å². The van der Waals surface area contributed by atoms with E-state index in [4.69, 9.17) is 12.2 Å². The highest BCUT2D eigenvalue weighted by Gasteiger charge is 2.18. The predicted molar refractivity (Wildman–Crippen MR) is 69.2 cm³/mol. The lowest BCUT2D eigenvalue weighted by atomic mass is 9.86. The minimum absolute atomic E-state index is 0.269. The van der Waals surface area contributed by atoms with Gasteiger partial charge in [-0.05, 0) is 12.0 Å². The number of rotatable bonds is 4. The molecule has 1 unspecified atom stereocenters. The highest BCUT2D eigenvalue weighted by molar-refractivity contribution is 5.53. The van der Waals surface area contributed by atoms with Gasteiger partial charge in [-0.3, -0.25) is 0 Å². The predicted octanol–water partition coefficient (Wildman–Crippen LogP) is 2.47. The van der Waals surface area contributed by atoms with Crippen molar-refractivity contribution in [2.24, 2.45) is 5.92 Å². The van der Waals surface area contributed by atoms with Crippen LogP contribution in [0.3, 0.4) is 0 Å². The summed E-state index contributed by atoms with van der Waals surface area (Å²) in [5.41, 5.74) is 7.91. The van der Waals surface area contributed by atoms with Crippen LogP contribution in [0.15, 0.2) is 12.3 Å². The summed E-state index contributed by atoms with van der Waals surface area (Å²) >= 11 is 0. The molecular formula is C13H19N3. The molecule has 0 bridgehead atoms. The topological polar surface area (TPSA) is 50.9 Å². The number of terminal acetylenes is 1. The van der Waals surface area contributed by atoms with Gasteiger partial charge in [-0.2, -0.15) is 0 Å². The third-order valence-corrected chi connectivity index (χ3v) is 2.78. The Morgan fingerprint density at radius 2 is 2.25 bits per heavy atom. The zero-order valence-electron chi connectivity index (χ0n) is 10.1. The fourth-order valence-electron chi connectivity index (χ4n) is 1.76. The number of nitrogen functional groups attached to an aromatic ring is 1. The molecule has 3 heteroatoms. The van der Waals surface area contributed by atoms with Gasteiger partial charge < -0.3 is 11.1 Å². The number of pyridine rings is 1. The number of nitrogens with zero attached hydrogens (tertiary/aromatic N) is 1. The molecule has 0 saturated heterocycles. The summed E-state index contributed by atoms with van der Waals surface area (Å²) < 4.78 is 0. The average Bonchev–Trinajstić information content (AvgIpc) is 2.27. The van der Waals surface area contributed by atoms with E-state index in [0.29, 0.717) is 18.2 Å². The lowest BCUT2D eigenvalue weighted by Crippen LogP contribution is -2.10. The van der Waals surface area contributed by atoms with Gasteiger partial charge in [0, 0.05) is 24.9 Å². The smallest absolute Gasteiger partial charge is 0.127 e. The van der Waals surface area contributed by atoms with Crippen molar-refractivity contribution in [1.29, 1.82) is 0 Å². The Bertz CT molecular complexity index is 391. The van der Waals surface area contributed by atoms with E-state index in [2.05, 4.69) is 30.1 Å². The van der Waals surface area contributed by atoms with Crippen LogP contribution in [0, 0.1) is 18.3 Å². The number of nitrogens with two attached hydrogens (primary N) is 1. The van der Waals surface area contributed by atoms with Crippen molar-refractivity contribution >= 4 is 11.5 Å². The molecular weight excluding hydrogens is 198 g/mol. The van der Waals surface area contributed by atoms with Crippen LogP contribution in [0.5, 0.6) is 0 Å². The Labute approximate surface area is 97.5 Å². The maximum Gasteiger partial charge on any atom is 0.127 e. The second-order valence-corrected chi connectivity index (χ2v) is 4.21. The number of nitrogens with one attached hydrogen (secondary N) is 1. The average molecular weight is 217 g/mol. The van der Waals surface area contributed by atoms with E-state index in [1.807, 2.05) is 13.1 Å². The first kappa shape index (κ1) is 12.4. The number of anilines is 2. The van der Waals surface area contributed by atoms with Gasteiger partial charge in [-0.1, -0.05) is 13.8 Å². The molecule has 0 aliphatic rings. The van der Waals surface area contributed by atoms with Gasteiger partial charge in [0.2, 0.25) is 0 Å². The first-order valence-electron chi connectivity index (χ1n) is 5.46. The number of hydrogen-bond donors (Lipinski definition) is 2. The van der Waals surface area contributed by atoms with Gasteiger partial charge in [0.05, 0.1) is 11.9 Å². The van der Waals surface area contributed by atoms with Crippen LogP contribution in [0.1, 0.15) is 31.7 Å². The molecule has 0 fully saturated rings. The van der Waals surface area contributed by atoms with E-state index in [1.165, 1.54) is 0 Å². The van der Waals surface area contributed by atoms with E-state index < -0.39 is 0 Å². The molecule has 1 atom stereocenters. The third-order valence-electron chi connectivity index (χ3n) is 2.78. The fourth-order valence-corrected chi connectivity index (χ4v) is 1.76. The second kappa shape index (κ2) is 5.41. The monoisotopic (exact) mass is 217 g/mol. The van der Waals surface area contributed by atoms with Crippen molar-refractivity contribution in [2.75, 3.05) is 18.1 Å². The second-order valence-electron chi connectivity index (χ2n) is 4.21. The summed E-state index contributed by atoms with van der Waals surface area (Å²) in [6, 6.07) is 2.03. The largest absolute Gasteiger partial charge is 0.387 e. The van der Waals surface area contributed by atoms with E-state index in [0.717, 1.165) is 11.3 Å². The molecule has 0 saturated carbocycles. The van der Waals surface area contributed by atoms with E-state index >= 15 is 0 Å². The Kier molecular flexibility index (Phi) is 4.19. The molecule has 16 heavy (non-hydrogen) atoms. The Balaban J connectivity index is 3.12. The minimum Gasteiger partial charge on any atom is -0.387 e. The maximum absolute atomic E-state index is 5.91. The molecule has 86 valence electrons. The summed E-state index contributed by atoms with van der Waals surface area (Å²) in [6.45, 7) is 4.29. The van der Waals surface area contributed by atoms with E-state index in [1.54, 1.807) is 6.20 Å². The van der Waals surface area contributed by atoms with Crippen molar-refractivity contribution in [1.82, 2.24) is 4.98 Å². The van der Waals surface area contributed by atoms with Crippen molar-refractivity contribution in [3.63, 3.8) is 0 Å². The van der Waals surface area contributed by atoms with Crippen molar-refractivity contribution < 1.29 is 0 Å². The summed E-state index contributed by atoms with van der Waals surface area (Å²) in [5.74, 6) is 4.01. The summed E-state index contributed by atoms with van der Waals surface area (Å²) in [6.07, 6.45) is 7.82. The van der Waals surface area contributed by atoms with Crippen LogP contribution in [0.25, 0.3) is 0 Å². The molecule has 0 radical (unpaired) electrons. The standard InChI is InChI=1S/C13H19N3/c1-5-6-11(9(2)3)12-7-10(15-4)8-16-13(12)14/h1,7-9,11,15H,6H2,2-4H3,(H2,14,16). The highest BCUT2D eigenvalue weighted by Crippen LogP contribution is 2.32. The minimum atomic E-state index is 0.269. The number of aromatic nitrogens is 1. The Morgan fingerprint density at radius 3 is 2.75 bits per heavy atom. The quantitative estimate of drug-likeness (QED) is 0.762. The molecule has 1 rings (SSSR count). The molecule has 3 N–H and O–H groups in total. The molecule has 0 aliphatic carbocycles. The lowest BCUT2D eigenvalue weighted by Gasteiger charge is -2.20. The molecule has 3 nitrogen and oxygen atoms in total. The lowest BCUT2D eigenvalue weighted by molar-refractivity contribution is 0.508. The van der Waals surface area contributed by atoms with Gasteiger partial charge in [0.15, 0.2) is 0 Å². The van der Waals surface area contributed by atoms with Gasteiger partial charge in [0.25, 0.3) is 0 Å². The van der Waals surface area contributed by atoms with Gasteiger partial charge in [0.1, 0.15) is 5.82 Å². The summed E-state index contributed by atoms with van der Waals surface area (Å²) in [7, 11) is 1.86. The summed E-state index contributed by atoms with van der Waals surface area (Å²) in [5, 5.41) is 3.06. The number of hydrogen-bond acceptors (Lipinski definition) is 3. The molecule has 0 aliphatic heterocycles.